The quantitative estimate of drug-likeness (QED) is 0.314. The van der Waals surface area contributed by atoms with Crippen LogP contribution in [0, 0.1) is 0 Å². The number of ketones is 1. The summed E-state index contributed by atoms with van der Waals surface area (Å²) in [7, 11) is 1.47. The highest BCUT2D eigenvalue weighted by molar-refractivity contribution is 6.46. The van der Waals surface area contributed by atoms with Crippen molar-refractivity contribution >= 4 is 39.8 Å². The van der Waals surface area contributed by atoms with Gasteiger partial charge in [0.2, 0.25) is 0 Å². The van der Waals surface area contributed by atoms with Gasteiger partial charge in [-0.15, -0.1) is 0 Å². The van der Waals surface area contributed by atoms with Gasteiger partial charge in [-0.3, -0.25) is 9.59 Å². The molecule has 2 saturated heterocycles. The van der Waals surface area contributed by atoms with Gasteiger partial charge < -0.3 is 19.5 Å². The molecule has 2 unspecified atom stereocenters. The molecule has 3 aromatic rings. The Hall–Kier alpha value is -3.35. The Kier molecular flexibility index (Phi) is 6.02. The lowest BCUT2D eigenvalue weighted by molar-refractivity contribution is -0.140. The van der Waals surface area contributed by atoms with E-state index < -0.39 is 17.7 Å². The second-order valence-electron chi connectivity index (χ2n) is 8.50. The van der Waals surface area contributed by atoms with E-state index in [1.807, 2.05) is 42.5 Å². The Bertz CT molecular complexity index is 1310. The van der Waals surface area contributed by atoms with Gasteiger partial charge in [-0.25, -0.2) is 0 Å². The predicted octanol–water partition coefficient (Wildman–Crippen LogP) is 5.10. The molecule has 0 bridgehead atoms. The zero-order chi connectivity index (χ0) is 23.8. The average Bonchev–Trinajstić information content (AvgIpc) is 3.45. The largest absolute Gasteiger partial charge is 0.507 e. The maximum absolute atomic E-state index is 13.4. The number of ether oxygens (including phenoxy) is 2. The van der Waals surface area contributed by atoms with Gasteiger partial charge in [0.15, 0.2) is 0 Å². The molecule has 2 aliphatic heterocycles. The summed E-state index contributed by atoms with van der Waals surface area (Å²) in [5.41, 5.74) is 1.04. The fourth-order valence-corrected chi connectivity index (χ4v) is 5.07. The molecule has 6 nitrogen and oxygen atoms in total. The molecule has 2 fully saturated rings. The minimum Gasteiger partial charge on any atom is -0.507 e. The van der Waals surface area contributed by atoms with Gasteiger partial charge in [-0.2, -0.15) is 0 Å². The summed E-state index contributed by atoms with van der Waals surface area (Å²) in [6, 6.07) is 17.6. The Morgan fingerprint density at radius 3 is 2.71 bits per heavy atom. The van der Waals surface area contributed by atoms with Gasteiger partial charge in [-0.05, 0) is 47.4 Å². The molecule has 5 rings (SSSR count). The highest BCUT2D eigenvalue weighted by Gasteiger charge is 2.47. The van der Waals surface area contributed by atoms with Crippen LogP contribution in [-0.4, -0.2) is 48.1 Å². The zero-order valence-corrected chi connectivity index (χ0v) is 19.4. The number of carbonyl (C=O) groups excluding carboxylic acids is 2. The second-order valence-corrected chi connectivity index (χ2v) is 8.94. The van der Waals surface area contributed by atoms with E-state index >= 15 is 0 Å². The van der Waals surface area contributed by atoms with Gasteiger partial charge in [0.25, 0.3) is 11.7 Å². The van der Waals surface area contributed by atoms with E-state index in [0.29, 0.717) is 17.4 Å². The van der Waals surface area contributed by atoms with Crippen LogP contribution in [0.4, 0.5) is 0 Å². The van der Waals surface area contributed by atoms with Crippen molar-refractivity contribution in [3.05, 3.63) is 82.4 Å². The van der Waals surface area contributed by atoms with E-state index in [1.165, 1.54) is 18.1 Å². The van der Waals surface area contributed by atoms with Crippen LogP contribution in [0.15, 0.2) is 66.2 Å². The van der Waals surface area contributed by atoms with E-state index in [-0.39, 0.29) is 29.5 Å². The average molecular weight is 478 g/mol. The minimum absolute atomic E-state index is 0.0138. The number of rotatable bonds is 5. The number of carbonyl (C=O) groups is 2. The fraction of sp³-hybridized carbons (Fsp3) is 0.259. The van der Waals surface area contributed by atoms with Crippen molar-refractivity contribution in [2.24, 2.45) is 0 Å². The highest BCUT2D eigenvalue weighted by atomic mass is 35.5. The lowest BCUT2D eigenvalue weighted by atomic mass is 9.91. The molecule has 174 valence electrons. The van der Waals surface area contributed by atoms with Crippen molar-refractivity contribution in [2.45, 2.75) is 25.0 Å². The monoisotopic (exact) mass is 477 g/mol. The van der Waals surface area contributed by atoms with Crippen molar-refractivity contribution in [1.82, 2.24) is 4.90 Å². The summed E-state index contributed by atoms with van der Waals surface area (Å²) < 4.78 is 11.2. The number of Topliss-reactive ketones (excluding diaryl/α,β-unsaturated/α-hetero) is 1. The molecule has 1 N–H and O–H groups in total. The molecule has 2 heterocycles. The molecule has 7 heteroatoms. The standard InChI is InChI=1S/C27H24ClNO5/c1-33-22-12-11-17(28)14-21(22)25(30)23-24(20-10-4-7-16-6-2-3-9-19(16)20)29(27(32)26(23)31)15-18-8-5-13-34-18/h2-4,6-7,9-12,14,18,24,30H,5,8,13,15H2,1H3/b25-23+. The van der Waals surface area contributed by atoms with E-state index in [1.54, 1.807) is 12.1 Å². The number of benzene rings is 3. The summed E-state index contributed by atoms with van der Waals surface area (Å²) in [6.45, 7) is 0.898. The molecule has 0 saturated carbocycles. The SMILES string of the molecule is COc1ccc(Cl)cc1/C(O)=C1\C(=O)C(=O)N(CC2CCCO2)C1c1cccc2ccccc12. The summed E-state index contributed by atoms with van der Waals surface area (Å²) in [5.74, 6) is -1.36. The number of nitrogens with zero attached hydrogens (tertiary/aromatic N) is 1. The topological polar surface area (TPSA) is 76.1 Å². The summed E-state index contributed by atoms with van der Waals surface area (Å²) in [5, 5.41) is 13.7. The first-order valence-electron chi connectivity index (χ1n) is 11.2. The number of hydrogen-bond acceptors (Lipinski definition) is 5. The highest BCUT2D eigenvalue weighted by Crippen LogP contribution is 2.43. The van der Waals surface area contributed by atoms with Crippen LogP contribution in [-0.2, 0) is 14.3 Å². The number of hydrogen-bond donors (Lipinski definition) is 1. The van der Waals surface area contributed by atoms with Gasteiger partial charge in [-0.1, -0.05) is 54.1 Å². The lowest BCUT2D eigenvalue weighted by Gasteiger charge is -2.28. The van der Waals surface area contributed by atoms with Crippen LogP contribution in [0.5, 0.6) is 5.75 Å². The van der Waals surface area contributed by atoms with Crippen molar-refractivity contribution in [3.8, 4) is 5.75 Å². The van der Waals surface area contributed by atoms with Crippen molar-refractivity contribution < 1.29 is 24.2 Å². The van der Waals surface area contributed by atoms with Crippen LogP contribution in [0.1, 0.15) is 30.0 Å². The third-order valence-electron chi connectivity index (χ3n) is 6.50. The van der Waals surface area contributed by atoms with E-state index in [0.717, 1.165) is 29.2 Å². The van der Waals surface area contributed by atoms with Gasteiger partial charge in [0, 0.05) is 18.2 Å². The first-order chi connectivity index (χ1) is 16.5. The Labute approximate surface area is 202 Å². The van der Waals surface area contributed by atoms with Gasteiger partial charge in [0.1, 0.15) is 11.5 Å². The smallest absolute Gasteiger partial charge is 0.295 e. The Morgan fingerprint density at radius 1 is 1.15 bits per heavy atom. The third-order valence-corrected chi connectivity index (χ3v) is 6.73. The molecule has 2 atom stereocenters. The first kappa shape index (κ1) is 22.4. The van der Waals surface area contributed by atoms with Gasteiger partial charge >= 0.3 is 0 Å². The Morgan fingerprint density at radius 2 is 1.94 bits per heavy atom. The maximum Gasteiger partial charge on any atom is 0.295 e. The van der Waals surface area contributed by atoms with Crippen molar-refractivity contribution in [3.63, 3.8) is 0 Å². The molecule has 0 spiro atoms. The van der Waals surface area contributed by atoms with E-state index in [4.69, 9.17) is 21.1 Å². The number of fused-ring (bicyclic) bond motifs is 1. The number of methoxy groups -OCH3 is 1. The second kappa shape index (κ2) is 9.12. The number of likely N-dealkylation sites (tertiary alicyclic amines) is 1. The van der Waals surface area contributed by atoms with Gasteiger partial charge in [0.05, 0.1) is 30.4 Å². The predicted molar refractivity (Wildman–Crippen MR) is 130 cm³/mol. The minimum atomic E-state index is -0.779. The number of aliphatic hydroxyl groups excluding tert-OH is 1. The first-order valence-corrected chi connectivity index (χ1v) is 11.6. The molecule has 0 aromatic heterocycles. The molecular formula is C27H24ClNO5. The molecule has 1 amide bonds. The van der Waals surface area contributed by atoms with E-state index in [9.17, 15) is 14.7 Å². The van der Waals surface area contributed by atoms with Crippen LogP contribution in [0.2, 0.25) is 5.02 Å². The molecule has 3 aromatic carbocycles. The molecule has 34 heavy (non-hydrogen) atoms. The molecular weight excluding hydrogens is 454 g/mol. The fourth-order valence-electron chi connectivity index (χ4n) is 4.90. The van der Waals surface area contributed by atoms with Crippen molar-refractivity contribution in [2.75, 3.05) is 20.3 Å². The lowest BCUT2D eigenvalue weighted by Crippen LogP contribution is -2.36. The summed E-state index contributed by atoms with van der Waals surface area (Å²) >= 11 is 6.20. The Balaban J connectivity index is 1.74. The zero-order valence-electron chi connectivity index (χ0n) is 18.7. The third kappa shape index (κ3) is 3.83. The number of aliphatic hydroxyl groups is 1. The van der Waals surface area contributed by atoms with E-state index in [2.05, 4.69) is 0 Å². The number of amides is 1. The molecule has 0 radical (unpaired) electrons. The van der Waals surface area contributed by atoms with Crippen LogP contribution >= 0.6 is 11.6 Å². The number of halogens is 1. The van der Waals surface area contributed by atoms with Crippen LogP contribution in [0.3, 0.4) is 0 Å². The summed E-state index contributed by atoms with van der Waals surface area (Å²) in [6.07, 6.45) is 1.57. The van der Waals surface area contributed by atoms with Crippen molar-refractivity contribution in [1.29, 1.82) is 0 Å². The maximum atomic E-state index is 13.4. The summed E-state index contributed by atoms with van der Waals surface area (Å²) in [4.78, 5) is 28.2. The molecule has 0 aliphatic carbocycles. The normalized spacial score (nSPS) is 22.0. The van der Waals surface area contributed by atoms with Crippen LogP contribution in [0.25, 0.3) is 16.5 Å². The molecule has 2 aliphatic rings. The van der Waals surface area contributed by atoms with Crippen LogP contribution < -0.4 is 4.74 Å².